The number of esters is 1. The largest absolute Gasteiger partial charge is 0.493 e. The van der Waals surface area contributed by atoms with Crippen molar-refractivity contribution in [2.24, 2.45) is 10.8 Å². The molecule has 0 fully saturated rings. The van der Waals surface area contributed by atoms with Crippen molar-refractivity contribution in [1.82, 2.24) is 5.43 Å². The van der Waals surface area contributed by atoms with Crippen LogP contribution in [0.1, 0.15) is 15.9 Å². The molecule has 0 saturated heterocycles. The van der Waals surface area contributed by atoms with Crippen LogP contribution in [-0.2, 0) is 0 Å². The summed E-state index contributed by atoms with van der Waals surface area (Å²) >= 11 is 10.4. The Bertz CT molecular complexity index is 779. The van der Waals surface area contributed by atoms with Gasteiger partial charge in [-0.2, -0.15) is 5.10 Å². The third-order valence-corrected chi connectivity index (χ3v) is 3.20. The minimum Gasteiger partial charge on any atom is -0.493 e. The summed E-state index contributed by atoms with van der Waals surface area (Å²) in [6.45, 7) is 0. The first-order valence-electron chi connectivity index (χ1n) is 6.74. The Morgan fingerprint density at radius 1 is 1.25 bits per heavy atom. The van der Waals surface area contributed by atoms with Gasteiger partial charge in [0, 0.05) is 5.02 Å². The van der Waals surface area contributed by atoms with Crippen LogP contribution in [0.3, 0.4) is 0 Å². The summed E-state index contributed by atoms with van der Waals surface area (Å²) < 4.78 is 10.6. The first kappa shape index (κ1) is 17.7. The molecule has 2 rings (SSSR count). The van der Waals surface area contributed by atoms with E-state index in [1.807, 2.05) is 0 Å². The van der Waals surface area contributed by atoms with E-state index >= 15 is 0 Å². The molecule has 24 heavy (non-hydrogen) atoms. The van der Waals surface area contributed by atoms with Gasteiger partial charge in [-0.3, -0.25) is 5.43 Å². The number of benzene rings is 2. The predicted octanol–water partition coefficient (Wildman–Crippen LogP) is 2.73. The molecule has 0 aromatic heterocycles. The molecule has 8 heteroatoms. The minimum absolute atomic E-state index is 0.0618. The van der Waals surface area contributed by atoms with Gasteiger partial charge < -0.3 is 15.2 Å². The SMILES string of the molecule is COc1cc(/C=N/NC(N)=S)ccc1OC(=O)c1ccc(Cl)cc1. The quantitative estimate of drug-likeness (QED) is 0.279. The maximum atomic E-state index is 12.1. The molecule has 0 amide bonds. The topological polar surface area (TPSA) is 85.9 Å². The van der Waals surface area contributed by atoms with E-state index in [9.17, 15) is 4.79 Å². The second-order valence-electron chi connectivity index (χ2n) is 4.54. The van der Waals surface area contributed by atoms with Crippen molar-refractivity contribution in [2.45, 2.75) is 0 Å². The van der Waals surface area contributed by atoms with Gasteiger partial charge in [0.25, 0.3) is 0 Å². The van der Waals surface area contributed by atoms with Gasteiger partial charge in [0.15, 0.2) is 16.6 Å². The highest BCUT2D eigenvalue weighted by atomic mass is 35.5. The second kappa shape index (κ2) is 8.28. The zero-order valence-corrected chi connectivity index (χ0v) is 14.2. The molecule has 0 radical (unpaired) electrons. The Morgan fingerprint density at radius 3 is 2.58 bits per heavy atom. The number of carbonyl (C=O) groups excluding carboxylic acids is 1. The summed E-state index contributed by atoms with van der Waals surface area (Å²) in [4.78, 5) is 12.1. The van der Waals surface area contributed by atoms with Crippen molar-refractivity contribution in [2.75, 3.05) is 7.11 Å². The van der Waals surface area contributed by atoms with E-state index in [2.05, 4.69) is 22.7 Å². The van der Waals surface area contributed by atoms with Gasteiger partial charge >= 0.3 is 5.97 Å². The third kappa shape index (κ3) is 4.94. The highest BCUT2D eigenvalue weighted by Gasteiger charge is 2.12. The lowest BCUT2D eigenvalue weighted by Crippen LogP contribution is -2.23. The van der Waals surface area contributed by atoms with Crippen LogP contribution >= 0.6 is 23.8 Å². The summed E-state index contributed by atoms with van der Waals surface area (Å²) in [5.41, 5.74) is 8.81. The molecule has 2 aromatic rings. The van der Waals surface area contributed by atoms with Crippen molar-refractivity contribution in [3.63, 3.8) is 0 Å². The molecule has 0 unspecified atom stereocenters. The Kier molecular flexibility index (Phi) is 6.11. The summed E-state index contributed by atoms with van der Waals surface area (Å²) in [6.07, 6.45) is 1.51. The van der Waals surface area contributed by atoms with E-state index in [1.54, 1.807) is 42.5 Å². The fourth-order valence-corrected chi connectivity index (χ4v) is 1.94. The number of hydrazone groups is 1. The first-order valence-corrected chi connectivity index (χ1v) is 7.52. The van der Waals surface area contributed by atoms with E-state index < -0.39 is 5.97 Å². The van der Waals surface area contributed by atoms with Crippen molar-refractivity contribution < 1.29 is 14.3 Å². The number of nitrogens with two attached hydrogens (primary N) is 1. The molecule has 0 aliphatic heterocycles. The molecule has 0 saturated carbocycles. The van der Waals surface area contributed by atoms with Crippen LogP contribution < -0.4 is 20.6 Å². The smallest absolute Gasteiger partial charge is 0.343 e. The van der Waals surface area contributed by atoms with Gasteiger partial charge in [-0.1, -0.05) is 11.6 Å². The van der Waals surface area contributed by atoms with E-state index in [4.69, 9.17) is 26.8 Å². The van der Waals surface area contributed by atoms with Gasteiger partial charge in [-0.05, 0) is 60.2 Å². The zero-order valence-electron chi connectivity index (χ0n) is 12.7. The summed E-state index contributed by atoms with van der Waals surface area (Å²) in [7, 11) is 1.48. The number of nitrogens with zero attached hydrogens (tertiary/aromatic N) is 1. The standard InChI is InChI=1S/C16H14ClN3O3S/c1-22-14-8-10(9-19-20-16(18)24)2-7-13(14)23-15(21)11-3-5-12(17)6-4-11/h2-9H,1H3,(H3,18,20,24)/b19-9+. The van der Waals surface area contributed by atoms with E-state index in [-0.39, 0.29) is 10.9 Å². The lowest BCUT2D eigenvalue weighted by Gasteiger charge is -2.10. The van der Waals surface area contributed by atoms with Crippen LogP contribution in [0.2, 0.25) is 5.02 Å². The molecular weight excluding hydrogens is 350 g/mol. The maximum absolute atomic E-state index is 12.1. The monoisotopic (exact) mass is 363 g/mol. The highest BCUT2D eigenvalue weighted by molar-refractivity contribution is 7.80. The zero-order chi connectivity index (χ0) is 17.5. The number of carbonyl (C=O) groups is 1. The number of methoxy groups -OCH3 is 1. The van der Waals surface area contributed by atoms with E-state index in [0.29, 0.717) is 21.9 Å². The van der Waals surface area contributed by atoms with Crippen molar-refractivity contribution in [3.05, 3.63) is 58.6 Å². The van der Waals surface area contributed by atoms with Crippen LogP contribution in [0, 0.1) is 0 Å². The average molecular weight is 364 g/mol. The Balaban J connectivity index is 2.15. The molecule has 6 nitrogen and oxygen atoms in total. The third-order valence-electron chi connectivity index (χ3n) is 2.86. The van der Waals surface area contributed by atoms with Crippen LogP contribution in [0.5, 0.6) is 11.5 Å². The van der Waals surface area contributed by atoms with Crippen molar-refractivity contribution in [3.8, 4) is 11.5 Å². The number of hydrogen-bond acceptors (Lipinski definition) is 5. The fourth-order valence-electron chi connectivity index (χ4n) is 1.76. The molecule has 3 N–H and O–H groups in total. The van der Waals surface area contributed by atoms with Crippen LogP contribution in [0.15, 0.2) is 47.6 Å². The van der Waals surface area contributed by atoms with Crippen molar-refractivity contribution in [1.29, 1.82) is 0 Å². The first-order chi connectivity index (χ1) is 11.5. The fraction of sp³-hybridized carbons (Fsp3) is 0.0625. The van der Waals surface area contributed by atoms with Gasteiger partial charge in [0.2, 0.25) is 0 Å². The molecule has 0 bridgehead atoms. The Labute approximate surface area is 149 Å². The second-order valence-corrected chi connectivity index (χ2v) is 5.42. The molecule has 124 valence electrons. The lowest BCUT2D eigenvalue weighted by molar-refractivity contribution is 0.0729. The molecule has 0 aliphatic rings. The Morgan fingerprint density at radius 2 is 1.96 bits per heavy atom. The highest BCUT2D eigenvalue weighted by Crippen LogP contribution is 2.28. The van der Waals surface area contributed by atoms with Crippen LogP contribution in [0.4, 0.5) is 0 Å². The summed E-state index contributed by atoms with van der Waals surface area (Å²) in [5, 5.41) is 4.45. The van der Waals surface area contributed by atoms with Gasteiger partial charge in [-0.25, -0.2) is 4.79 Å². The molecule has 2 aromatic carbocycles. The molecular formula is C16H14ClN3O3S. The number of hydrogen-bond donors (Lipinski definition) is 2. The lowest BCUT2D eigenvalue weighted by atomic mass is 10.2. The molecule has 0 atom stereocenters. The van der Waals surface area contributed by atoms with Crippen molar-refractivity contribution >= 4 is 41.1 Å². The molecule has 0 spiro atoms. The van der Waals surface area contributed by atoms with Crippen LogP contribution in [0.25, 0.3) is 0 Å². The number of thiocarbonyl (C=S) groups is 1. The van der Waals surface area contributed by atoms with E-state index in [0.717, 1.165) is 0 Å². The maximum Gasteiger partial charge on any atom is 0.343 e. The number of ether oxygens (including phenoxy) is 2. The van der Waals surface area contributed by atoms with Crippen LogP contribution in [-0.4, -0.2) is 24.4 Å². The Hall–Kier alpha value is -2.64. The normalized spacial score (nSPS) is 10.4. The van der Waals surface area contributed by atoms with Gasteiger partial charge in [-0.15, -0.1) is 0 Å². The summed E-state index contributed by atoms with van der Waals surface area (Å²) in [5.74, 6) is 0.162. The molecule has 0 heterocycles. The summed E-state index contributed by atoms with van der Waals surface area (Å²) in [6, 6.07) is 11.4. The van der Waals surface area contributed by atoms with Gasteiger partial charge in [0.1, 0.15) is 0 Å². The number of nitrogens with one attached hydrogen (secondary N) is 1. The number of rotatable bonds is 5. The predicted molar refractivity (Wildman–Crippen MR) is 96.9 cm³/mol. The minimum atomic E-state index is -0.512. The average Bonchev–Trinajstić information content (AvgIpc) is 2.56. The van der Waals surface area contributed by atoms with E-state index in [1.165, 1.54) is 13.3 Å². The molecule has 0 aliphatic carbocycles. The number of halogens is 1. The van der Waals surface area contributed by atoms with Gasteiger partial charge in [0.05, 0.1) is 18.9 Å².